The summed E-state index contributed by atoms with van der Waals surface area (Å²) in [6, 6.07) is 14.5. The smallest absolute Gasteiger partial charge is 0.336 e. The molecule has 1 aromatic heterocycles. The quantitative estimate of drug-likeness (QED) is 0.633. The number of aromatic nitrogens is 3. The van der Waals surface area contributed by atoms with E-state index < -0.39 is 0 Å². The molecule has 0 saturated carbocycles. The number of carbonyl (C=O) groups is 1. The van der Waals surface area contributed by atoms with Crippen LogP contribution in [0.4, 0.5) is 4.79 Å². The number of nitrogens with zero attached hydrogens (tertiary/aromatic N) is 4. The van der Waals surface area contributed by atoms with Crippen LogP contribution < -0.4 is 15.1 Å². The molecule has 0 aliphatic carbocycles. The number of fused-ring (bicyclic) bond motifs is 1. The van der Waals surface area contributed by atoms with Crippen molar-refractivity contribution < 1.29 is 9.53 Å². The number of halogens is 2. The topological polar surface area (TPSA) is 72.3 Å². The van der Waals surface area contributed by atoms with Gasteiger partial charge in [0, 0.05) is 17.3 Å². The maximum Gasteiger partial charge on any atom is 0.336 e. The van der Waals surface area contributed by atoms with Gasteiger partial charge in [-0.15, -0.1) is 10.2 Å². The SMILES string of the molecule is O=C(NCc1ccccc1)N1CCSc2nnc(COc3ccc(Cl)cc3Cl)n21. The maximum atomic E-state index is 12.8. The molecule has 0 atom stereocenters. The second-order valence-electron chi connectivity index (χ2n) is 6.19. The predicted molar refractivity (Wildman–Crippen MR) is 113 cm³/mol. The number of nitrogens with one attached hydrogen (secondary N) is 1. The van der Waals surface area contributed by atoms with E-state index in [9.17, 15) is 4.79 Å². The van der Waals surface area contributed by atoms with Crippen molar-refractivity contribution in [2.24, 2.45) is 0 Å². The molecule has 0 bridgehead atoms. The van der Waals surface area contributed by atoms with Gasteiger partial charge in [-0.1, -0.05) is 65.3 Å². The number of rotatable bonds is 5. The molecule has 0 spiro atoms. The zero-order valence-electron chi connectivity index (χ0n) is 15.2. The fraction of sp³-hybridized carbons (Fsp3) is 0.211. The lowest BCUT2D eigenvalue weighted by molar-refractivity contribution is 0.236. The van der Waals surface area contributed by atoms with Gasteiger partial charge in [-0.3, -0.25) is 0 Å². The summed E-state index contributed by atoms with van der Waals surface area (Å²) in [6.45, 7) is 1.08. The van der Waals surface area contributed by atoms with E-state index in [0.29, 0.717) is 39.9 Å². The van der Waals surface area contributed by atoms with E-state index >= 15 is 0 Å². The fourth-order valence-corrected chi connectivity index (χ4v) is 4.17. The Labute approximate surface area is 181 Å². The van der Waals surface area contributed by atoms with Crippen LogP contribution in [-0.4, -0.2) is 33.2 Å². The minimum atomic E-state index is -0.221. The van der Waals surface area contributed by atoms with Crippen molar-refractivity contribution in [3.63, 3.8) is 0 Å². The zero-order valence-corrected chi connectivity index (χ0v) is 17.5. The van der Waals surface area contributed by atoms with Gasteiger partial charge in [0.1, 0.15) is 12.4 Å². The Bertz CT molecular complexity index is 1020. The van der Waals surface area contributed by atoms with Crippen LogP contribution in [0.15, 0.2) is 53.7 Å². The molecule has 7 nitrogen and oxygen atoms in total. The second kappa shape index (κ2) is 8.94. The van der Waals surface area contributed by atoms with Gasteiger partial charge in [-0.2, -0.15) is 0 Å². The minimum absolute atomic E-state index is 0.109. The average Bonchev–Trinajstić information content (AvgIpc) is 3.15. The summed E-state index contributed by atoms with van der Waals surface area (Å²) in [7, 11) is 0. The lowest BCUT2D eigenvalue weighted by Crippen LogP contribution is -2.50. The highest BCUT2D eigenvalue weighted by atomic mass is 35.5. The summed E-state index contributed by atoms with van der Waals surface area (Å²) >= 11 is 13.6. The Balaban J connectivity index is 1.47. The predicted octanol–water partition coefficient (Wildman–Crippen LogP) is 4.12. The highest BCUT2D eigenvalue weighted by Gasteiger charge is 2.27. The summed E-state index contributed by atoms with van der Waals surface area (Å²) < 4.78 is 7.47. The van der Waals surface area contributed by atoms with Crippen LogP contribution >= 0.6 is 35.0 Å². The molecule has 0 fully saturated rings. The molecular formula is C19H17Cl2N5O2S. The second-order valence-corrected chi connectivity index (χ2v) is 8.10. The Morgan fingerprint density at radius 1 is 1.17 bits per heavy atom. The Morgan fingerprint density at radius 3 is 2.79 bits per heavy atom. The number of hydrogen-bond donors (Lipinski definition) is 1. The van der Waals surface area contributed by atoms with Crippen LogP contribution in [0.2, 0.25) is 10.0 Å². The lowest BCUT2D eigenvalue weighted by atomic mass is 10.2. The molecule has 2 heterocycles. The monoisotopic (exact) mass is 449 g/mol. The van der Waals surface area contributed by atoms with E-state index in [4.69, 9.17) is 27.9 Å². The van der Waals surface area contributed by atoms with E-state index in [2.05, 4.69) is 15.5 Å². The van der Waals surface area contributed by atoms with Crippen LogP contribution in [0, 0.1) is 0 Å². The van der Waals surface area contributed by atoms with E-state index in [-0.39, 0.29) is 12.6 Å². The molecule has 0 radical (unpaired) electrons. The van der Waals surface area contributed by atoms with Crippen molar-refractivity contribution in [1.82, 2.24) is 20.2 Å². The average molecular weight is 450 g/mol. The first-order chi connectivity index (χ1) is 14.1. The first-order valence-electron chi connectivity index (χ1n) is 8.86. The van der Waals surface area contributed by atoms with E-state index in [0.717, 1.165) is 11.3 Å². The van der Waals surface area contributed by atoms with Crippen LogP contribution in [0.25, 0.3) is 0 Å². The largest absolute Gasteiger partial charge is 0.484 e. The van der Waals surface area contributed by atoms with Crippen molar-refractivity contribution in [2.45, 2.75) is 18.3 Å². The highest BCUT2D eigenvalue weighted by Crippen LogP contribution is 2.29. The van der Waals surface area contributed by atoms with Gasteiger partial charge in [-0.25, -0.2) is 14.5 Å². The highest BCUT2D eigenvalue weighted by molar-refractivity contribution is 7.99. The van der Waals surface area contributed by atoms with E-state index in [1.54, 1.807) is 39.6 Å². The molecule has 1 N–H and O–H groups in total. The molecule has 1 aliphatic rings. The van der Waals surface area contributed by atoms with E-state index in [1.807, 2.05) is 30.3 Å². The third-order valence-electron chi connectivity index (χ3n) is 4.22. The van der Waals surface area contributed by atoms with E-state index in [1.165, 1.54) is 0 Å². The minimum Gasteiger partial charge on any atom is -0.484 e. The number of ether oxygens (including phenoxy) is 1. The molecule has 10 heteroatoms. The Morgan fingerprint density at radius 2 is 2.00 bits per heavy atom. The molecule has 29 heavy (non-hydrogen) atoms. The molecule has 0 saturated heterocycles. The summed E-state index contributed by atoms with van der Waals surface area (Å²) in [5.74, 6) is 1.73. The maximum absolute atomic E-state index is 12.8. The van der Waals surface area contributed by atoms with Crippen molar-refractivity contribution in [2.75, 3.05) is 17.3 Å². The van der Waals surface area contributed by atoms with Crippen molar-refractivity contribution in [1.29, 1.82) is 0 Å². The molecule has 4 rings (SSSR count). The molecular weight excluding hydrogens is 433 g/mol. The summed E-state index contributed by atoms with van der Waals surface area (Å²) in [5, 5.41) is 14.5. The van der Waals surface area contributed by atoms with Gasteiger partial charge < -0.3 is 10.1 Å². The van der Waals surface area contributed by atoms with Gasteiger partial charge in [0.05, 0.1) is 11.6 Å². The molecule has 0 unspecified atom stereocenters. The van der Waals surface area contributed by atoms with Crippen LogP contribution in [0.1, 0.15) is 11.4 Å². The zero-order chi connectivity index (χ0) is 20.2. The number of carbonyl (C=O) groups excluding carboxylic acids is 1. The number of amides is 2. The lowest BCUT2D eigenvalue weighted by Gasteiger charge is -2.29. The molecule has 2 aromatic carbocycles. The number of hydrogen-bond acceptors (Lipinski definition) is 5. The number of benzene rings is 2. The normalized spacial score (nSPS) is 13.1. The van der Waals surface area contributed by atoms with Crippen LogP contribution in [-0.2, 0) is 13.2 Å². The number of urea groups is 1. The van der Waals surface area contributed by atoms with Crippen LogP contribution in [0.5, 0.6) is 5.75 Å². The van der Waals surface area contributed by atoms with Gasteiger partial charge >= 0.3 is 6.03 Å². The molecule has 2 amide bonds. The first kappa shape index (κ1) is 19.9. The van der Waals surface area contributed by atoms with Crippen molar-refractivity contribution in [3.8, 4) is 5.75 Å². The van der Waals surface area contributed by atoms with Gasteiger partial charge in [-0.05, 0) is 23.8 Å². The summed E-state index contributed by atoms with van der Waals surface area (Å²) in [4.78, 5) is 12.8. The van der Waals surface area contributed by atoms with Crippen molar-refractivity contribution in [3.05, 3.63) is 70.0 Å². The molecule has 150 valence electrons. The Kier molecular flexibility index (Phi) is 6.13. The Hall–Kier alpha value is -2.42. The fourth-order valence-electron chi connectivity index (χ4n) is 2.83. The third kappa shape index (κ3) is 4.60. The van der Waals surface area contributed by atoms with Crippen molar-refractivity contribution >= 4 is 41.0 Å². The standard InChI is InChI=1S/C19H17Cl2N5O2S/c20-14-6-7-16(15(21)10-14)28-12-17-23-24-19-26(17)25(8-9-29-19)18(27)22-11-13-4-2-1-3-5-13/h1-7,10H,8-9,11-12H2,(H,22,27). The summed E-state index contributed by atoms with van der Waals surface area (Å²) in [6.07, 6.45) is 0. The third-order valence-corrected chi connectivity index (χ3v) is 5.65. The first-order valence-corrected chi connectivity index (χ1v) is 10.6. The van der Waals surface area contributed by atoms with Gasteiger partial charge in [0.15, 0.2) is 5.82 Å². The van der Waals surface area contributed by atoms with Gasteiger partial charge in [0.2, 0.25) is 5.16 Å². The van der Waals surface area contributed by atoms with Gasteiger partial charge in [0.25, 0.3) is 0 Å². The molecule has 1 aliphatic heterocycles. The molecule has 3 aromatic rings. The number of thioether (sulfide) groups is 1. The van der Waals surface area contributed by atoms with Crippen LogP contribution in [0.3, 0.4) is 0 Å². The summed E-state index contributed by atoms with van der Waals surface area (Å²) in [5.41, 5.74) is 1.03.